The van der Waals surface area contributed by atoms with Crippen molar-refractivity contribution in [1.82, 2.24) is 14.9 Å². The molecule has 0 saturated carbocycles. The fourth-order valence-electron chi connectivity index (χ4n) is 2.76. The van der Waals surface area contributed by atoms with Gasteiger partial charge in [-0.15, -0.1) is 12.4 Å². The van der Waals surface area contributed by atoms with Gasteiger partial charge in [0.25, 0.3) is 0 Å². The summed E-state index contributed by atoms with van der Waals surface area (Å²) in [6, 6.07) is 13.5. The lowest BCUT2D eigenvalue weighted by Gasteiger charge is -2.21. The van der Waals surface area contributed by atoms with Crippen LogP contribution >= 0.6 is 28.3 Å². The van der Waals surface area contributed by atoms with E-state index in [1.54, 1.807) is 12.3 Å². The molecule has 5 nitrogen and oxygen atoms in total. The summed E-state index contributed by atoms with van der Waals surface area (Å²) in [5.41, 5.74) is 0.739. The number of aryl methyl sites for hydroxylation is 1. The van der Waals surface area contributed by atoms with E-state index in [4.69, 9.17) is 4.74 Å². The van der Waals surface area contributed by atoms with Gasteiger partial charge in [-0.25, -0.2) is 9.37 Å². The van der Waals surface area contributed by atoms with Crippen LogP contribution in [0.3, 0.4) is 0 Å². The fraction of sp³-hybridized carbons (Fsp3) is 0.250. The Balaban J connectivity index is 0.00000280. The van der Waals surface area contributed by atoms with Gasteiger partial charge < -0.3 is 19.7 Å². The number of aliphatic hydroxyl groups is 1. The zero-order valence-corrected chi connectivity index (χ0v) is 17.7. The predicted octanol–water partition coefficient (Wildman–Crippen LogP) is 3.86. The molecule has 3 aromatic rings. The summed E-state index contributed by atoms with van der Waals surface area (Å²) in [6.07, 6.45) is 2.78. The lowest BCUT2D eigenvalue weighted by Crippen LogP contribution is -2.35. The molecule has 8 heteroatoms. The maximum absolute atomic E-state index is 13.7. The molecular weight excluding hydrogens is 449 g/mol. The van der Waals surface area contributed by atoms with Crippen LogP contribution < -0.4 is 10.1 Å². The van der Waals surface area contributed by atoms with Crippen LogP contribution in [0.5, 0.6) is 5.75 Å². The van der Waals surface area contributed by atoms with Crippen LogP contribution in [0.1, 0.15) is 17.4 Å². The van der Waals surface area contributed by atoms with Crippen LogP contribution in [0.25, 0.3) is 0 Å². The molecule has 0 amide bonds. The van der Waals surface area contributed by atoms with Gasteiger partial charge in [0.2, 0.25) is 0 Å². The SMILES string of the molecule is Cl.Cn1ccnc1C(NCC(O)COc1ccccc1Br)c1cccc(F)c1. The van der Waals surface area contributed by atoms with Crippen molar-refractivity contribution >= 4 is 28.3 Å². The molecule has 1 heterocycles. The fourth-order valence-corrected chi connectivity index (χ4v) is 3.16. The lowest BCUT2D eigenvalue weighted by atomic mass is 10.1. The van der Waals surface area contributed by atoms with Gasteiger partial charge in [-0.2, -0.15) is 0 Å². The monoisotopic (exact) mass is 469 g/mol. The number of nitrogens with one attached hydrogen (secondary N) is 1. The number of halogens is 3. The molecule has 0 aliphatic carbocycles. The number of benzene rings is 2. The summed E-state index contributed by atoms with van der Waals surface area (Å²) in [7, 11) is 1.88. The van der Waals surface area contributed by atoms with Crippen LogP contribution in [-0.4, -0.2) is 33.9 Å². The number of imidazole rings is 1. The molecule has 0 saturated heterocycles. The van der Waals surface area contributed by atoms with E-state index in [1.165, 1.54) is 12.1 Å². The molecule has 2 unspecified atom stereocenters. The van der Waals surface area contributed by atoms with Gasteiger partial charge in [-0.3, -0.25) is 0 Å². The zero-order chi connectivity index (χ0) is 19.2. The van der Waals surface area contributed by atoms with Crippen molar-refractivity contribution in [2.75, 3.05) is 13.2 Å². The van der Waals surface area contributed by atoms with Crippen LogP contribution in [-0.2, 0) is 7.05 Å². The summed E-state index contributed by atoms with van der Waals surface area (Å²) < 4.78 is 22.0. The first-order chi connectivity index (χ1) is 13.0. The molecule has 0 fully saturated rings. The van der Waals surface area contributed by atoms with Crippen LogP contribution in [0.2, 0.25) is 0 Å². The number of aromatic nitrogens is 2. The Bertz CT molecular complexity index is 893. The quantitative estimate of drug-likeness (QED) is 0.525. The summed E-state index contributed by atoms with van der Waals surface area (Å²) in [5, 5.41) is 13.6. The summed E-state index contributed by atoms with van der Waals surface area (Å²) >= 11 is 3.41. The molecule has 150 valence electrons. The van der Waals surface area contributed by atoms with E-state index in [0.717, 1.165) is 15.9 Å². The van der Waals surface area contributed by atoms with E-state index < -0.39 is 6.10 Å². The summed E-state index contributed by atoms with van der Waals surface area (Å²) in [6.45, 7) is 0.393. The van der Waals surface area contributed by atoms with E-state index >= 15 is 0 Å². The molecule has 2 atom stereocenters. The second kappa shape index (κ2) is 10.6. The zero-order valence-electron chi connectivity index (χ0n) is 15.3. The Kier molecular flexibility index (Phi) is 8.44. The summed E-state index contributed by atoms with van der Waals surface area (Å²) in [4.78, 5) is 4.36. The highest BCUT2D eigenvalue weighted by Gasteiger charge is 2.20. The number of aliphatic hydroxyl groups excluding tert-OH is 1. The van der Waals surface area contributed by atoms with Gasteiger partial charge in [0, 0.05) is 26.0 Å². The first kappa shape index (κ1) is 22.4. The maximum Gasteiger partial charge on any atom is 0.133 e. The molecule has 0 aliphatic heterocycles. The molecule has 0 radical (unpaired) electrons. The Labute approximate surface area is 178 Å². The van der Waals surface area contributed by atoms with Crippen LogP contribution in [0.4, 0.5) is 4.39 Å². The predicted molar refractivity (Wildman–Crippen MR) is 112 cm³/mol. The minimum atomic E-state index is -0.742. The van der Waals surface area contributed by atoms with E-state index in [2.05, 4.69) is 26.2 Å². The molecular formula is C20H22BrClFN3O2. The molecule has 2 N–H and O–H groups in total. The number of ether oxygens (including phenoxy) is 1. The Morgan fingerprint density at radius 1 is 1.25 bits per heavy atom. The topological polar surface area (TPSA) is 59.3 Å². The highest BCUT2D eigenvalue weighted by atomic mass is 79.9. The number of hydrogen-bond acceptors (Lipinski definition) is 4. The Morgan fingerprint density at radius 2 is 2.04 bits per heavy atom. The Hall–Kier alpha value is -1.93. The standard InChI is InChI=1S/C20H21BrFN3O2.ClH/c1-25-10-9-23-20(25)19(14-5-4-6-15(22)11-14)24-12-16(26)13-27-18-8-3-2-7-17(18)21;/h2-11,16,19,24,26H,12-13H2,1H3;1H. The average Bonchev–Trinajstić information content (AvgIpc) is 3.07. The van der Waals surface area contributed by atoms with Crippen molar-refractivity contribution < 1.29 is 14.2 Å². The van der Waals surface area contributed by atoms with E-state index in [0.29, 0.717) is 5.75 Å². The van der Waals surface area contributed by atoms with Gasteiger partial charge in [0.15, 0.2) is 0 Å². The molecule has 0 spiro atoms. The minimum absolute atomic E-state index is 0. The van der Waals surface area contributed by atoms with Crippen LogP contribution in [0.15, 0.2) is 65.4 Å². The van der Waals surface area contributed by atoms with Crippen molar-refractivity contribution in [3.05, 3.63) is 82.6 Å². The van der Waals surface area contributed by atoms with Gasteiger partial charge >= 0.3 is 0 Å². The van der Waals surface area contributed by atoms with Crippen molar-refractivity contribution in [1.29, 1.82) is 0 Å². The third-order valence-corrected chi connectivity index (χ3v) is 4.78. The first-order valence-electron chi connectivity index (χ1n) is 8.56. The second-order valence-electron chi connectivity index (χ2n) is 6.19. The third kappa shape index (κ3) is 5.78. The van der Waals surface area contributed by atoms with Gasteiger partial charge in [-0.1, -0.05) is 24.3 Å². The minimum Gasteiger partial charge on any atom is -0.490 e. The molecule has 0 aliphatic rings. The van der Waals surface area contributed by atoms with Crippen molar-refractivity contribution in [2.45, 2.75) is 12.1 Å². The van der Waals surface area contributed by atoms with Crippen molar-refractivity contribution in [3.8, 4) is 5.75 Å². The highest BCUT2D eigenvalue weighted by molar-refractivity contribution is 9.10. The van der Waals surface area contributed by atoms with Crippen LogP contribution in [0, 0.1) is 5.82 Å². The molecule has 1 aromatic heterocycles. The van der Waals surface area contributed by atoms with Gasteiger partial charge in [0.05, 0.1) is 10.5 Å². The Morgan fingerprint density at radius 3 is 2.71 bits per heavy atom. The van der Waals surface area contributed by atoms with Crippen molar-refractivity contribution in [2.24, 2.45) is 7.05 Å². The highest BCUT2D eigenvalue weighted by Crippen LogP contribution is 2.24. The molecule has 28 heavy (non-hydrogen) atoms. The maximum atomic E-state index is 13.7. The molecule has 3 rings (SSSR count). The van der Waals surface area contributed by atoms with Crippen molar-refractivity contribution in [3.63, 3.8) is 0 Å². The second-order valence-corrected chi connectivity index (χ2v) is 7.04. The molecule has 2 aromatic carbocycles. The summed E-state index contributed by atoms with van der Waals surface area (Å²) in [5.74, 6) is 1.09. The number of hydrogen-bond donors (Lipinski definition) is 2. The van der Waals surface area contributed by atoms with E-state index in [-0.39, 0.29) is 37.4 Å². The number of rotatable bonds is 8. The average molecular weight is 471 g/mol. The first-order valence-corrected chi connectivity index (χ1v) is 9.35. The van der Waals surface area contributed by atoms with Gasteiger partial charge in [-0.05, 0) is 45.8 Å². The molecule has 0 bridgehead atoms. The normalized spacial score (nSPS) is 12.9. The number of nitrogens with zero attached hydrogens (tertiary/aromatic N) is 2. The van der Waals surface area contributed by atoms with E-state index in [9.17, 15) is 9.50 Å². The number of para-hydroxylation sites is 1. The third-order valence-electron chi connectivity index (χ3n) is 4.12. The largest absolute Gasteiger partial charge is 0.490 e. The van der Waals surface area contributed by atoms with E-state index in [1.807, 2.05) is 48.1 Å². The van der Waals surface area contributed by atoms with Gasteiger partial charge in [0.1, 0.15) is 30.1 Å². The smallest absolute Gasteiger partial charge is 0.133 e. The lowest BCUT2D eigenvalue weighted by molar-refractivity contribution is 0.104.